The number of anilines is 4. The van der Waals surface area contributed by atoms with Crippen molar-refractivity contribution in [2.24, 2.45) is 5.10 Å². The summed E-state index contributed by atoms with van der Waals surface area (Å²) in [7, 11) is 0. The Balaban J connectivity index is 1.58. The van der Waals surface area contributed by atoms with Gasteiger partial charge in [0.15, 0.2) is 0 Å². The van der Waals surface area contributed by atoms with E-state index in [-0.39, 0.29) is 0 Å². The molecule has 0 radical (unpaired) electrons. The van der Waals surface area contributed by atoms with Crippen molar-refractivity contribution in [3.63, 3.8) is 0 Å². The van der Waals surface area contributed by atoms with E-state index in [2.05, 4.69) is 35.7 Å². The number of benzene rings is 2. The van der Waals surface area contributed by atoms with E-state index in [1.165, 1.54) is 0 Å². The van der Waals surface area contributed by atoms with Gasteiger partial charge in [-0.3, -0.25) is 0 Å². The lowest BCUT2D eigenvalue weighted by Gasteiger charge is -2.27. The SMILES string of the molecule is Cc1ccccc1Nc1nc(N/N=C/c2ccccc2)nc(N2CCOCC2)n1. The highest BCUT2D eigenvalue weighted by molar-refractivity contribution is 5.79. The van der Waals surface area contributed by atoms with Gasteiger partial charge < -0.3 is 15.0 Å². The topological polar surface area (TPSA) is 87.6 Å². The van der Waals surface area contributed by atoms with E-state index in [1.54, 1.807) is 6.21 Å². The van der Waals surface area contributed by atoms with Crippen LogP contribution in [-0.2, 0) is 4.74 Å². The summed E-state index contributed by atoms with van der Waals surface area (Å²) in [6.45, 7) is 4.82. The summed E-state index contributed by atoms with van der Waals surface area (Å²) in [6.07, 6.45) is 1.73. The Morgan fingerprint density at radius 1 is 0.931 bits per heavy atom. The molecule has 1 fully saturated rings. The highest BCUT2D eigenvalue weighted by Gasteiger charge is 2.17. The van der Waals surface area contributed by atoms with Crippen LogP contribution in [0, 0.1) is 6.92 Å². The number of hydrogen-bond donors (Lipinski definition) is 2. The van der Waals surface area contributed by atoms with Crippen molar-refractivity contribution in [3.8, 4) is 0 Å². The Morgan fingerprint density at radius 2 is 1.66 bits per heavy atom. The van der Waals surface area contributed by atoms with Crippen molar-refractivity contribution in [3.05, 3.63) is 65.7 Å². The quantitative estimate of drug-likeness (QED) is 0.494. The Hall–Kier alpha value is -3.52. The number of hydrazone groups is 1. The molecule has 1 aliphatic rings. The fourth-order valence-corrected chi connectivity index (χ4v) is 2.91. The Morgan fingerprint density at radius 3 is 2.45 bits per heavy atom. The molecule has 2 heterocycles. The minimum Gasteiger partial charge on any atom is -0.378 e. The molecule has 1 aromatic heterocycles. The molecule has 3 aromatic rings. The van der Waals surface area contributed by atoms with Gasteiger partial charge in [-0.05, 0) is 24.1 Å². The molecule has 8 heteroatoms. The van der Waals surface area contributed by atoms with Crippen LogP contribution in [0.2, 0.25) is 0 Å². The van der Waals surface area contributed by atoms with Crippen molar-refractivity contribution in [2.75, 3.05) is 41.9 Å². The van der Waals surface area contributed by atoms with Gasteiger partial charge in [0.25, 0.3) is 0 Å². The van der Waals surface area contributed by atoms with E-state index in [0.717, 1.165) is 29.9 Å². The van der Waals surface area contributed by atoms with E-state index < -0.39 is 0 Å². The van der Waals surface area contributed by atoms with E-state index in [1.807, 2.05) is 61.5 Å². The molecule has 8 nitrogen and oxygen atoms in total. The first kappa shape index (κ1) is 18.8. The summed E-state index contributed by atoms with van der Waals surface area (Å²) in [6, 6.07) is 17.8. The molecule has 0 saturated carbocycles. The van der Waals surface area contributed by atoms with Crippen LogP contribution < -0.4 is 15.6 Å². The summed E-state index contributed by atoms with van der Waals surface area (Å²) in [5.74, 6) is 1.44. The number of ether oxygens (including phenoxy) is 1. The van der Waals surface area contributed by atoms with Crippen molar-refractivity contribution in [1.29, 1.82) is 0 Å². The lowest BCUT2D eigenvalue weighted by Crippen LogP contribution is -2.37. The molecule has 0 aliphatic carbocycles. The molecule has 0 bridgehead atoms. The first-order valence-corrected chi connectivity index (χ1v) is 9.53. The number of hydrogen-bond acceptors (Lipinski definition) is 8. The lowest BCUT2D eigenvalue weighted by atomic mass is 10.2. The van der Waals surface area contributed by atoms with E-state index in [0.29, 0.717) is 31.1 Å². The van der Waals surface area contributed by atoms with Gasteiger partial charge in [0.05, 0.1) is 19.4 Å². The predicted octanol–water partition coefficient (Wildman–Crippen LogP) is 3.21. The fraction of sp³-hybridized carbons (Fsp3) is 0.238. The van der Waals surface area contributed by atoms with Crippen LogP contribution in [0.25, 0.3) is 0 Å². The second-order valence-corrected chi connectivity index (χ2v) is 6.60. The highest BCUT2D eigenvalue weighted by Crippen LogP contribution is 2.21. The summed E-state index contributed by atoms with van der Waals surface area (Å²) < 4.78 is 5.44. The third kappa shape index (κ3) is 5.05. The van der Waals surface area contributed by atoms with Gasteiger partial charge in [0.2, 0.25) is 17.8 Å². The van der Waals surface area contributed by atoms with Gasteiger partial charge in [-0.15, -0.1) is 0 Å². The van der Waals surface area contributed by atoms with Crippen molar-refractivity contribution < 1.29 is 4.74 Å². The number of nitrogens with one attached hydrogen (secondary N) is 2. The third-order valence-corrected chi connectivity index (χ3v) is 4.49. The molecule has 0 spiro atoms. The second-order valence-electron chi connectivity index (χ2n) is 6.60. The molecule has 0 atom stereocenters. The predicted molar refractivity (Wildman–Crippen MR) is 115 cm³/mol. The normalized spacial score (nSPS) is 14.2. The van der Waals surface area contributed by atoms with Crippen LogP contribution >= 0.6 is 0 Å². The molecule has 2 N–H and O–H groups in total. The van der Waals surface area contributed by atoms with E-state index in [4.69, 9.17) is 4.74 Å². The molecule has 0 unspecified atom stereocenters. The van der Waals surface area contributed by atoms with E-state index >= 15 is 0 Å². The van der Waals surface area contributed by atoms with Gasteiger partial charge in [-0.2, -0.15) is 20.1 Å². The van der Waals surface area contributed by atoms with Crippen molar-refractivity contribution in [1.82, 2.24) is 15.0 Å². The fourth-order valence-electron chi connectivity index (χ4n) is 2.91. The van der Waals surface area contributed by atoms with E-state index in [9.17, 15) is 0 Å². The maximum Gasteiger partial charge on any atom is 0.250 e. The zero-order valence-corrected chi connectivity index (χ0v) is 16.2. The first-order valence-electron chi connectivity index (χ1n) is 9.53. The third-order valence-electron chi connectivity index (χ3n) is 4.49. The smallest absolute Gasteiger partial charge is 0.250 e. The molecule has 0 amide bonds. The number of aryl methyl sites for hydroxylation is 1. The average Bonchev–Trinajstić information content (AvgIpc) is 2.77. The van der Waals surface area contributed by atoms with Crippen LogP contribution in [-0.4, -0.2) is 47.5 Å². The standard InChI is InChI=1S/C21H23N7O/c1-16-7-5-6-10-18(16)23-19-24-20(27-22-15-17-8-3-2-4-9-17)26-21(25-19)28-11-13-29-14-12-28/h2-10,15H,11-14H2,1H3,(H2,23,24,25,26,27)/b22-15+. The number of para-hydroxylation sites is 1. The summed E-state index contributed by atoms with van der Waals surface area (Å²) in [5.41, 5.74) is 5.97. The monoisotopic (exact) mass is 389 g/mol. The van der Waals surface area contributed by atoms with Crippen LogP contribution in [0.3, 0.4) is 0 Å². The number of morpholine rings is 1. The summed E-state index contributed by atoms with van der Waals surface area (Å²) >= 11 is 0. The van der Waals surface area contributed by atoms with Crippen LogP contribution in [0.1, 0.15) is 11.1 Å². The maximum absolute atomic E-state index is 5.44. The molecule has 2 aromatic carbocycles. The Labute approximate surface area is 169 Å². The molecular weight excluding hydrogens is 366 g/mol. The minimum atomic E-state index is 0.379. The summed E-state index contributed by atoms with van der Waals surface area (Å²) in [5, 5.41) is 7.55. The lowest BCUT2D eigenvalue weighted by molar-refractivity contribution is 0.122. The van der Waals surface area contributed by atoms with Gasteiger partial charge >= 0.3 is 0 Å². The van der Waals surface area contributed by atoms with Gasteiger partial charge in [-0.1, -0.05) is 48.5 Å². The van der Waals surface area contributed by atoms with Gasteiger partial charge in [0.1, 0.15) is 0 Å². The first-order chi connectivity index (χ1) is 14.3. The van der Waals surface area contributed by atoms with Gasteiger partial charge in [-0.25, -0.2) is 5.43 Å². The van der Waals surface area contributed by atoms with Crippen LogP contribution in [0.15, 0.2) is 59.7 Å². The number of nitrogens with zero attached hydrogens (tertiary/aromatic N) is 5. The Kier molecular flexibility index (Phi) is 5.92. The molecule has 1 saturated heterocycles. The Bertz CT molecular complexity index is 972. The van der Waals surface area contributed by atoms with Crippen molar-refractivity contribution in [2.45, 2.75) is 6.92 Å². The summed E-state index contributed by atoms with van der Waals surface area (Å²) in [4.78, 5) is 15.7. The molecule has 4 rings (SSSR count). The molecule has 1 aliphatic heterocycles. The van der Waals surface area contributed by atoms with Crippen LogP contribution in [0.5, 0.6) is 0 Å². The zero-order chi connectivity index (χ0) is 19.9. The van der Waals surface area contributed by atoms with Gasteiger partial charge in [0, 0.05) is 18.8 Å². The number of rotatable bonds is 6. The van der Waals surface area contributed by atoms with Crippen LogP contribution in [0.4, 0.5) is 23.5 Å². The minimum absolute atomic E-state index is 0.379. The molecule has 148 valence electrons. The molecule has 29 heavy (non-hydrogen) atoms. The maximum atomic E-state index is 5.44. The van der Waals surface area contributed by atoms with Crippen molar-refractivity contribution >= 4 is 29.7 Å². The largest absolute Gasteiger partial charge is 0.378 e. The highest BCUT2D eigenvalue weighted by atomic mass is 16.5. The zero-order valence-electron chi connectivity index (χ0n) is 16.2. The number of aromatic nitrogens is 3. The second kappa shape index (κ2) is 9.11. The average molecular weight is 389 g/mol. The molecular formula is C21H23N7O.